The number of piperazine rings is 1. The highest BCUT2D eigenvalue weighted by Gasteiger charge is 2.51. The van der Waals surface area contributed by atoms with Crippen molar-refractivity contribution in [2.75, 3.05) is 44.3 Å². The summed E-state index contributed by atoms with van der Waals surface area (Å²) in [6, 6.07) is 10.6. The van der Waals surface area contributed by atoms with Crippen LogP contribution in [0.5, 0.6) is 6.01 Å². The third-order valence-electron chi connectivity index (χ3n) is 12.8. The van der Waals surface area contributed by atoms with E-state index in [1.807, 2.05) is 56.0 Å². The lowest BCUT2D eigenvalue weighted by Gasteiger charge is -2.43. The first-order valence-corrected chi connectivity index (χ1v) is 23.1. The molecule has 0 saturated carbocycles. The fourth-order valence-electron chi connectivity index (χ4n) is 8.88. The molecule has 5 aliphatic rings. The van der Waals surface area contributed by atoms with Crippen molar-refractivity contribution in [3.8, 4) is 6.01 Å². The molecule has 13 heteroatoms. The van der Waals surface area contributed by atoms with Crippen LogP contribution in [0.1, 0.15) is 96.9 Å². The second kappa shape index (κ2) is 14.9. The predicted octanol–water partition coefficient (Wildman–Crippen LogP) is 7.16. The van der Waals surface area contributed by atoms with Crippen LogP contribution >= 0.6 is 0 Å². The molecular formula is C41H62N6O6Si. The minimum Gasteiger partial charge on any atom is -0.461 e. The number of hydrogen-bond donors (Lipinski definition) is 0. The molecule has 2 aromatic rings. The van der Waals surface area contributed by atoms with Gasteiger partial charge in [0.2, 0.25) is 0 Å². The standard InChI is InChI=1S/C41H62N6O6Si/c1-39(2,3)53-38(49)47-30-15-16-31(47)24-45(23-30)35-33-18-22-44(37(48)50-26-29-13-10-9-11-14-29)25-34(33)42-36(43-35)51-28-41-19-12-21-46(41)32(17-20-41)27-52-54(7,8)40(4,5)6/h9-11,13-14,30-32H,12,15-28H2,1-8H3/t30-,31+,32?,41?. The highest BCUT2D eigenvalue weighted by atomic mass is 28.4. The highest BCUT2D eigenvalue weighted by Crippen LogP contribution is 2.44. The third kappa shape index (κ3) is 8.09. The molecule has 4 saturated heterocycles. The molecule has 2 unspecified atom stereocenters. The fourth-order valence-corrected chi connectivity index (χ4v) is 9.92. The zero-order valence-electron chi connectivity index (χ0n) is 33.9. The highest BCUT2D eigenvalue weighted by molar-refractivity contribution is 6.74. The number of hydrogen-bond acceptors (Lipinski definition) is 10. The van der Waals surface area contributed by atoms with Crippen LogP contribution in [0.25, 0.3) is 0 Å². The number of nitrogens with zero attached hydrogens (tertiary/aromatic N) is 6. The summed E-state index contributed by atoms with van der Waals surface area (Å²) in [7, 11) is -1.86. The molecule has 7 rings (SSSR count). The van der Waals surface area contributed by atoms with Crippen LogP contribution in [0.4, 0.5) is 15.4 Å². The third-order valence-corrected chi connectivity index (χ3v) is 17.3. The average Bonchev–Trinajstić information content (AvgIpc) is 3.77. The number of carbonyl (C=O) groups excluding carboxylic acids is 2. The Balaban J connectivity index is 1.10. The van der Waals surface area contributed by atoms with Gasteiger partial charge in [-0.1, -0.05) is 51.1 Å². The molecule has 4 fully saturated rings. The molecule has 4 atom stereocenters. The van der Waals surface area contributed by atoms with Crippen molar-refractivity contribution in [2.45, 2.75) is 147 Å². The van der Waals surface area contributed by atoms with Crippen molar-refractivity contribution >= 4 is 26.3 Å². The molecule has 0 radical (unpaired) electrons. The largest absolute Gasteiger partial charge is 0.461 e. The Kier molecular flexibility index (Phi) is 10.7. The zero-order chi connectivity index (χ0) is 38.5. The van der Waals surface area contributed by atoms with E-state index >= 15 is 0 Å². The van der Waals surface area contributed by atoms with Crippen molar-refractivity contribution in [3.63, 3.8) is 0 Å². The summed E-state index contributed by atoms with van der Waals surface area (Å²) >= 11 is 0. The molecule has 2 amide bonds. The lowest BCUT2D eigenvalue weighted by molar-refractivity contribution is 0.0122. The van der Waals surface area contributed by atoms with E-state index < -0.39 is 13.9 Å². The number of anilines is 1. The number of benzene rings is 1. The second-order valence-corrected chi connectivity index (χ2v) is 23.5. The summed E-state index contributed by atoms with van der Waals surface area (Å²) < 4.78 is 25.0. The molecule has 0 aliphatic carbocycles. The molecule has 1 aromatic heterocycles. The number of fused-ring (bicyclic) bond motifs is 4. The van der Waals surface area contributed by atoms with E-state index in [-0.39, 0.29) is 41.5 Å². The van der Waals surface area contributed by atoms with Crippen molar-refractivity contribution < 1.29 is 28.2 Å². The van der Waals surface area contributed by atoms with Crippen LogP contribution in [0.2, 0.25) is 18.1 Å². The maximum Gasteiger partial charge on any atom is 0.410 e. The first-order valence-electron chi connectivity index (χ1n) is 20.2. The molecule has 54 heavy (non-hydrogen) atoms. The Morgan fingerprint density at radius 3 is 2.33 bits per heavy atom. The van der Waals surface area contributed by atoms with Gasteiger partial charge in [0.1, 0.15) is 24.6 Å². The SMILES string of the molecule is CC(C)(C)OC(=O)N1[C@@H]2CC[C@H]1CN(c1nc(OCC34CCCN3C(CO[Si](C)(C)C(C)(C)C)CC4)nc3c1CCN(C(=O)OCc1ccccc1)C3)C2. The van der Waals surface area contributed by atoms with Crippen molar-refractivity contribution in [3.05, 3.63) is 47.2 Å². The van der Waals surface area contributed by atoms with Gasteiger partial charge < -0.3 is 28.4 Å². The Morgan fingerprint density at radius 1 is 0.926 bits per heavy atom. The van der Waals surface area contributed by atoms with Crippen LogP contribution in [0.15, 0.2) is 30.3 Å². The van der Waals surface area contributed by atoms with Gasteiger partial charge in [-0.2, -0.15) is 9.97 Å². The maximum absolute atomic E-state index is 13.3. The molecule has 2 bridgehead atoms. The minimum atomic E-state index is -1.86. The number of amides is 2. The summed E-state index contributed by atoms with van der Waals surface area (Å²) in [6.45, 7) is 22.0. The predicted molar refractivity (Wildman–Crippen MR) is 210 cm³/mol. The van der Waals surface area contributed by atoms with Crippen LogP contribution < -0.4 is 9.64 Å². The minimum absolute atomic E-state index is 0.0385. The summed E-state index contributed by atoms with van der Waals surface area (Å²) in [5.74, 6) is 0.862. The second-order valence-electron chi connectivity index (χ2n) is 18.7. The van der Waals surface area contributed by atoms with E-state index in [4.69, 9.17) is 28.6 Å². The van der Waals surface area contributed by atoms with Crippen molar-refractivity contribution in [1.82, 2.24) is 24.7 Å². The summed E-state index contributed by atoms with van der Waals surface area (Å²) in [4.78, 5) is 45.4. The molecule has 296 valence electrons. The van der Waals surface area contributed by atoms with E-state index in [1.54, 1.807) is 4.90 Å². The Morgan fingerprint density at radius 2 is 1.65 bits per heavy atom. The Hall–Kier alpha value is -3.42. The van der Waals surface area contributed by atoms with Crippen molar-refractivity contribution in [2.24, 2.45) is 0 Å². The molecule has 5 aliphatic heterocycles. The van der Waals surface area contributed by atoms with E-state index in [2.05, 4.69) is 43.7 Å². The first-order chi connectivity index (χ1) is 25.5. The van der Waals surface area contributed by atoms with E-state index in [0.29, 0.717) is 51.3 Å². The molecule has 0 N–H and O–H groups in total. The normalized spacial score (nSPS) is 25.8. The van der Waals surface area contributed by atoms with Gasteiger partial charge in [-0.25, -0.2) is 9.59 Å². The smallest absolute Gasteiger partial charge is 0.410 e. The van der Waals surface area contributed by atoms with Crippen LogP contribution in [0.3, 0.4) is 0 Å². The summed E-state index contributed by atoms with van der Waals surface area (Å²) in [5, 5.41) is 0.175. The van der Waals surface area contributed by atoms with E-state index in [9.17, 15) is 9.59 Å². The van der Waals surface area contributed by atoms with Crippen LogP contribution in [-0.2, 0) is 33.5 Å². The van der Waals surface area contributed by atoms with Gasteiger partial charge in [-0.3, -0.25) is 9.80 Å². The van der Waals surface area contributed by atoms with Crippen molar-refractivity contribution in [1.29, 1.82) is 0 Å². The van der Waals surface area contributed by atoms with Gasteiger partial charge in [0.15, 0.2) is 8.32 Å². The maximum atomic E-state index is 13.3. The Labute approximate surface area is 323 Å². The molecular weight excluding hydrogens is 701 g/mol. The lowest BCUT2D eigenvalue weighted by atomic mass is 9.95. The topological polar surface area (TPSA) is 110 Å². The molecule has 12 nitrogen and oxygen atoms in total. The zero-order valence-corrected chi connectivity index (χ0v) is 34.9. The van der Waals surface area contributed by atoms with Gasteiger partial charge in [0.05, 0.1) is 29.9 Å². The first kappa shape index (κ1) is 38.8. The lowest BCUT2D eigenvalue weighted by Crippen LogP contribution is -2.57. The van der Waals surface area contributed by atoms with Crippen LogP contribution in [0, 0.1) is 0 Å². The van der Waals surface area contributed by atoms with Gasteiger partial charge >= 0.3 is 18.2 Å². The van der Waals surface area contributed by atoms with Gasteiger partial charge in [0.25, 0.3) is 0 Å². The van der Waals surface area contributed by atoms with E-state index in [1.165, 1.54) is 0 Å². The number of aromatic nitrogens is 2. The van der Waals surface area contributed by atoms with E-state index in [0.717, 1.165) is 74.3 Å². The van der Waals surface area contributed by atoms with Gasteiger partial charge in [-0.05, 0) is 96.0 Å². The fraction of sp³-hybridized carbons (Fsp3) is 0.707. The quantitative estimate of drug-likeness (QED) is 0.244. The van der Waals surface area contributed by atoms with Gasteiger partial charge in [0, 0.05) is 37.8 Å². The molecule has 6 heterocycles. The number of carbonyl (C=O) groups is 2. The van der Waals surface area contributed by atoms with Gasteiger partial charge in [-0.15, -0.1) is 0 Å². The number of ether oxygens (including phenoxy) is 3. The average molecular weight is 763 g/mol. The summed E-state index contributed by atoms with van der Waals surface area (Å²) in [5.41, 5.74) is 2.18. The number of rotatable bonds is 9. The molecule has 1 aromatic carbocycles. The monoisotopic (exact) mass is 762 g/mol. The van der Waals surface area contributed by atoms with Crippen LogP contribution in [-0.4, -0.2) is 114 Å². The Bertz CT molecular complexity index is 1670. The molecule has 0 spiro atoms. The summed E-state index contributed by atoms with van der Waals surface area (Å²) in [6.07, 6.45) is 6.26.